The van der Waals surface area contributed by atoms with Crippen LogP contribution in [0.2, 0.25) is 0 Å². The largest absolute Gasteiger partial charge is 0.192 e. The maximum Gasteiger partial charge on any atom is 0.0621 e. The van der Waals surface area contributed by atoms with E-state index in [-0.39, 0.29) is 0 Å². The van der Waals surface area contributed by atoms with Gasteiger partial charge in [-0.15, -0.1) is 0 Å². The maximum atomic E-state index is 4.43. The van der Waals surface area contributed by atoms with Gasteiger partial charge in [-0.25, -0.2) is 0 Å². The minimum Gasteiger partial charge on any atom is -0.192 e. The summed E-state index contributed by atoms with van der Waals surface area (Å²) in [5.41, 5.74) is 4.71. The van der Waals surface area contributed by atoms with Gasteiger partial charge in [-0.3, -0.25) is 0 Å². The molecule has 0 saturated carbocycles. The Kier molecular flexibility index (Phi) is 7.18. The minimum atomic E-state index is 0.358. The Morgan fingerprint density at radius 1 is 1.10 bits per heavy atom. The van der Waals surface area contributed by atoms with E-state index in [2.05, 4.69) is 44.0 Å². The first-order valence-corrected chi connectivity index (χ1v) is 8.11. The molecule has 0 unspecified atom stereocenters. The zero-order valence-electron chi connectivity index (χ0n) is 14.1. The molecular weight excluding hydrogens is 244 g/mol. The molecule has 2 nitrogen and oxygen atoms in total. The molecule has 0 bridgehead atoms. The summed E-state index contributed by atoms with van der Waals surface area (Å²) < 4.78 is 0. The molecule has 0 saturated heterocycles. The molecule has 1 aliphatic rings. The first kappa shape index (κ1) is 17.1. The molecule has 1 aliphatic carbocycles. The van der Waals surface area contributed by atoms with E-state index in [1.54, 1.807) is 12.6 Å². The van der Waals surface area contributed by atoms with Crippen LogP contribution in [-0.2, 0) is 0 Å². The fourth-order valence-electron chi connectivity index (χ4n) is 2.96. The lowest BCUT2D eigenvalue weighted by Gasteiger charge is -2.22. The monoisotopic (exact) mass is 276 g/mol. The molecular formula is C18H32N2. The molecule has 0 amide bonds. The second kappa shape index (κ2) is 8.39. The van der Waals surface area contributed by atoms with Crippen LogP contribution >= 0.6 is 0 Å². The highest BCUT2D eigenvalue weighted by Gasteiger charge is 2.16. The second-order valence-corrected chi connectivity index (χ2v) is 7.13. The lowest BCUT2D eigenvalue weighted by Crippen LogP contribution is -2.07. The number of rotatable bonds is 4. The maximum absolute atomic E-state index is 4.43. The van der Waals surface area contributed by atoms with E-state index in [4.69, 9.17) is 0 Å². The van der Waals surface area contributed by atoms with E-state index in [1.807, 2.05) is 0 Å². The molecule has 114 valence electrons. The molecule has 20 heavy (non-hydrogen) atoms. The van der Waals surface area contributed by atoms with E-state index in [0.717, 1.165) is 12.8 Å². The van der Waals surface area contributed by atoms with Gasteiger partial charge in [0.05, 0.1) is 5.70 Å². The molecule has 0 aromatic rings. The van der Waals surface area contributed by atoms with Gasteiger partial charge in [0.25, 0.3) is 0 Å². The summed E-state index contributed by atoms with van der Waals surface area (Å²) in [6.07, 6.45) is 12.2. The minimum absolute atomic E-state index is 0.358. The van der Waals surface area contributed by atoms with Crippen molar-refractivity contribution in [3.63, 3.8) is 0 Å². The van der Waals surface area contributed by atoms with Crippen LogP contribution in [0.15, 0.2) is 33.1 Å². The SMILES string of the molecule is C/C=C(/C/C1=C(\N=NC)CCCCCC1)CC(C)(C)C. The lowest BCUT2D eigenvalue weighted by atomic mass is 9.84. The molecule has 0 spiro atoms. The Labute approximate surface area is 125 Å². The molecule has 0 aliphatic heterocycles. The van der Waals surface area contributed by atoms with E-state index in [0.29, 0.717) is 5.41 Å². The van der Waals surface area contributed by atoms with E-state index in [9.17, 15) is 0 Å². The third kappa shape index (κ3) is 6.49. The first-order valence-electron chi connectivity index (χ1n) is 8.11. The Morgan fingerprint density at radius 3 is 2.30 bits per heavy atom. The summed E-state index contributed by atoms with van der Waals surface area (Å²) in [4.78, 5) is 0. The van der Waals surface area contributed by atoms with Crippen LogP contribution in [0.1, 0.15) is 79.1 Å². The summed E-state index contributed by atoms with van der Waals surface area (Å²) in [5, 5.41) is 8.47. The molecule has 2 heteroatoms. The number of azo groups is 1. The van der Waals surface area contributed by atoms with Crippen molar-refractivity contribution >= 4 is 0 Å². The second-order valence-electron chi connectivity index (χ2n) is 7.13. The zero-order valence-corrected chi connectivity index (χ0v) is 14.1. The summed E-state index contributed by atoms with van der Waals surface area (Å²) in [5.74, 6) is 0. The summed E-state index contributed by atoms with van der Waals surface area (Å²) in [7, 11) is 1.79. The molecule has 0 atom stereocenters. The number of allylic oxidation sites excluding steroid dienone is 4. The smallest absolute Gasteiger partial charge is 0.0621 e. The highest BCUT2D eigenvalue weighted by molar-refractivity contribution is 5.21. The molecule has 0 N–H and O–H groups in total. The van der Waals surface area contributed by atoms with Gasteiger partial charge in [0.2, 0.25) is 0 Å². The number of nitrogens with zero attached hydrogens (tertiary/aromatic N) is 2. The van der Waals surface area contributed by atoms with E-state index >= 15 is 0 Å². The average Bonchev–Trinajstić information content (AvgIpc) is 2.34. The Hall–Kier alpha value is -0.920. The van der Waals surface area contributed by atoms with Crippen molar-refractivity contribution < 1.29 is 0 Å². The zero-order chi connectivity index (χ0) is 15.0. The van der Waals surface area contributed by atoms with Crippen molar-refractivity contribution in [1.29, 1.82) is 0 Å². The van der Waals surface area contributed by atoms with Gasteiger partial charge in [-0.1, -0.05) is 45.3 Å². The number of hydrogen-bond acceptors (Lipinski definition) is 2. The van der Waals surface area contributed by atoms with Crippen LogP contribution in [0.5, 0.6) is 0 Å². The van der Waals surface area contributed by atoms with Crippen LogP contribution in [0.4, 0.5) is 0 Å². The molecule has 0 radical (unpaired) electrons. The van der Waals surface area contributed by atoms with Crippen molar-refractivity contribution in [2.45, 2.75) is 79.1 Å². The van der Waals surface area contributed by atoms with Crippen LogP contribution in [0.25, 0.3) is 0 Å². The van der Waals surface area contributed by atoms with Crippen molar-refractivity contribution in [3.05, 3.63) is 22.9 Å². The van der Waals surface area contributed by atoms with Crippen molar-refractivity contribution in [2.24, 2.45) is 15.6 Å². The molecule has 0 aromatic carbocycles. The van der Waals surface area contributed by atoms with Crippen molar-refractivity contribution in [3.8, 4) is 0 Å². The van der Waals surface area contributed by atoms with E-state index < -0.39 is 0 Å². The first-order chi connectivity index (χ1) is 9.46. The fourth-order valence-corrected chi connectivity index (χ4v) is 2.96. The van der Waals surface area contributed by atoms with E-state index in [1.165, 1.54) is 49.8 Å². The lowest BCUT2D eigenvalue weighted by molar-refractivity contribution is 0.405. The van der Waals surface area contributed by atoms with Gasteiger partial charge in [0.15, 0.2) is 0 Å². The summed E-state index contributed by atoms with van der Waals surface area (Å²) in [6.45, 7) is 9.12. The third-order valence-corrected chi connectivity index (χ3v) is 3.88. The molecule has 0 fully saturated rings. The predicted octanol–water partition coefficient (Wildman–Crippen LogP) is 6.45. The van der Waals surface area contributed by atoms with Gasteiger partial charge in [0.1, 0.15) is 0 Å². The van der Waals surface area contributed by atoms with Gasteiger partial charge in [-0.05, 0) is 56.4 Å². The summed E-state index contributed by atoms with van der Waals surface area (Å²) >= 11 is 0. The molecule has 0 heterocycles. The standard InChI is InChI=1S/C18H32N2/c1-6-15(14-18(2,3)4)13-16-11-9-7-8-10-12-17(16)20-19-5/h6H,7-14H2,1-5H3/b15-6-,17-16-,20-19?. The average molecular weight is 276 g/mol. The third-order valence-electron chi connectivity index (χ3n) is 3.88. The quantitative estimate of drug-likeness (QED) is 0.416. The molecule has 1 rings (SSSR count). The van der Waals surface area contributed by atoms with Gasteiger partial charge >= 0.3 is 0 Å². The van der Waals surface area contributed by atoms with Crippen LogP contribution in [0.3, 0.4) is 0 Å². The van der Waals surface area contributed by atoms with Gasteiger partial charge in [-0.2, -0.15) is 10.2 Å². The van der Waals surface area contributed by atoms with Crippen molar-refractivity contribution in [2.75, 3.05) is 7.05 Å². The normalized spacial score (nSPS) is 22.9. The number of hydrogen-bond donors (Lipinski definition) is 0. The Balaban J connectivity index is 2.88. The Bertz CT molecular complexity index is 381. The highest BCUT2D eigenvalue weighted by Crippen LogP contribution is 2.33. The van der Waals surface area contributed by atoms with Crippen LogP contribution < -0.4 is 0 Å². The Morgan fingerprint density at radius 2 is 1.75 bits per heavy atom. The summed E-state index contributed by atoms with van der Waals surface area (Å²) in [6, 6.07) is 0. The van der Waals surface area contributed by atoms with Crippen LogP contribution in [0, 0.1) is 5.41 Å². The van der Waals surface area contributed by atoms with Crippen molar-refractivity contribution in [1.82, 2.24) is 0 Å². The van der Waals surface area contributed by atoms with Gasteiger partial charge < -0.3 is 0 Å². The topological polar surface area (TPSA) is 24.7 Å². The van der Waals surface area contributed by atoms with Gasteiger partial charge in [0, 0.05) is 7.05 Å². The fraction of sp³-hybridized carbons (Fsp3) is 0.778. The predicted molar refractivity (Wildman–Crippen MR) is 88.0 cm³/mol. The molecule has 0 aromatic heterocycles. The highest BCUT2D eigenvalue weighted by atomic mass is 15.1. The van der Waals surface area contributed by atoms with Crippen LogP contribution in [-0.4, -0.2) is 7.05 Å².